The number of rotatable bonds is 12. The number of fused-ring (bicyclic) bond motifs is 2. The van der Waals surface area contributed by atoms with Crippen LogP contribution in [0, 0.1) is 0 Å². The van der Waals surface area contributed by atoms with Crippen LogP contribution < -0.4 is 19.5 Å². The van der Waals surface area contributed by atoms with Gasteiger partial charge < -0.3 is 43.8 Å². The van der Waals surface area contributed by atoms with Crippen molar-refractivity contribution >= 4 is 16.8 Å². The summed E-state index contributed by atoms with van der Waals surface area (Å²) in [4.78, 5) is 16.4. The van der Waals surface area contributed by atoms with Gasteiger partial charge in [-0.2, -0.15) is 0 Å². The minimum Gasteiger partial charge on any atom is -0.497 e. The Labute approximate surface area is 220 Å². The molecule has 0 spiro atoms. The van der Waals surface area contributed by atoms with Gasteiger partial charge in [0.15, 0.2) is 17.3 Å². The summed E-state index contributed by atoms with van der Waals surface area (Å²) in [5.41, 5.74) is 3.07. The third-order valence-electron chi connectivity index (χ3n) is 6.53. The van der Waals surface area contributed by atoms with E-state index in [1.54, 1.807) is 7.11 Å². The largest absolute Gasteiger partial charge is 0.497 e. The van der Waals surface area contributed by atoms with Gasteiger partial charge in [0, 0.05) is 36.0 Å². The van der Waals surface area contributed by atoms with Crippen molar-refractivity contribution in [1.29, 1.82) is 0 Å². The van der Waals surface area contributed by atoms with E-state index in [9.17, 15) is 4.79 Å². The molecule has 38 heavy (non-hydrogen) atoms. The average molecular weight is 525 g/mol. The fourth-order valence-corrected chi connectivity index (χ4v) is 4.59. The Morgan fingerprint density at radius 3 is 2.89 bits per heavy atom. The first kappa shape index (κ1) is 25.9. The maximum Gasteiger partial charge on any atom is 0.286 e. The Kier molecular flexibility index (Phi) is 8.32. The van der Waals surface area contributed by atoms with Crippen LogP contribution in [0.4, 0.5) is 0 Å². The van der Waals surface area contributed by atoms with Crippen molar-refractivity contribution in [3.8, 4) is 17.2 Å². The van der Waals surface area contributed by atoms with Gasteiger partial charge in [-0.25, -0.2) is 0 Å². The molecule has 0 saturated heterocycles. The van der Waals surface area contributed by atoms with Gasteiger partial charge in [-0.1, -0.05) is 6.07 Å². The molecule has 10 nitrogen and oxygen atoms in total. The number of aromatic amines is 1. The molecule has 0 bridgehead atoms. The van der Waals surface area contributed by atoms with Crippen molar-refractivity contribution in [2.24, 2.45) is 0 Å². The second-order valence-corrected chi connectivity index (χ2v) is 8.97. The van der Waals surface area contributed by atoms with E-state index in [4.69, 9.17) is 33.5 Å². The summed E-state index contributed by atoms with van der Waals surface area (Å²) in [5, 5.41) is 12.9. The van der Waals surface area contributed by atoms with Crippen molar-refractivity contribution in [2.75, 3.05) is 46.9 Å². The second-order valence-electron chi connectivity index (χ2n) is 8.97. The Bertz CT molecular complexity index is 1290. The minimum atomic E-state index is -0.630. The predicted molar refractivity (Wildman–Crippen MR) is 138 cm³/mol. The number of hydrogen-bond acceptors (Lipinski definition) is 8. The van der Waals surface area contributed by atoms with E-state index in [1.807, 2.05) is 48.7 Å². The highest BCUT2D eigenvalue weighted by Crippen LogP contribution is 2.38. The number of aromatic nitrogens is 1. The fraction of sp³-hybridized carbons (Fsp3) is 0.393. The van der Waals surface area contributed by atoms with Crippen LogP contribution >= 0.6 is 0 Å². The van der Waals surface area contributed by atoms with Gasteiger partial charge in [0.25, 0.3) is 5.91 Å². The van der Waals surface area contributed by atoms with Crippen LogP contribution in [0.15, 0.2) is 54.4 Å². The highest BCUT2D eigenvalue weighted by atomic mass is 16.7. The molecule has 0 aliphatic carbocycles. The molecule has 1 amide bonds. The molecule has 2 aliphatic rings. The average Bonchev–Trinajstić information content (AvgIpc) is 3.59. The molecular weight excluding hydrogens is 492 g/mol. The summed E-state index contributed by atoms with van der Waals surface area (Å²) in [7, 11) is 1.64. The number of hydrogen-bond donors (Lipinski definition) is 3. The number of nitrogens with one attached hydrogen (secondary N) is 2. The number of H-pyrrole nitrogens is 1. The number of ether oxygens (including phenoxy) is 6. The number of allylic oxidation sites excluding steroid dienone is 1. The number of carbonyl (C=O) groups is 1. The van der Waals surface area contributed by atoms with Crippen LogP contribution in [0.1, 0.15) is 23.5 Å². The smallest absolute Gasteiger partial charge is 0.286 e. The third-order valence-corrected chi connectivity index (χ3v) is 6.53. The lowest BCUT2D eigenvalue weighted by molar-refractivity contribution is -0.151. The third kappa shape index (κ3) is 6.04. The zero-order valence-corrected chi connectivity index (χ0v) is 21.2. The van der Waals surface area contributed by atoms with Gasteiger partial charge in [-0.3, -0.25) is 4.79 Å². The quantitative estimate of drug-likeness (QED) is 0.309. The lowest BCUT2D eigenvalue weighted by atomic mass is 9.92. The zero-order valence-electron chi connectivity index (χ0n) is 21.2. The van der Waals surface area contributed by atoms with E-state index in [0.717, 1.165) is 27.8 Å². The maximum atomic E-state index is 13.1. The minimum absolute atomic E-state index is 0.0503. The topological polar surface area (TPSA) is 121 Å². The van der Waals surface area contributed by atoms with E-state index < -0.39 is 6.29 Å². The van der Waals surface area contributed by atoms with Crippen molar-refractivity contribution in [1.82, 2.24) is 10.3 Å². The van der Waals surface area contributed by atoms with E-state index in [2.05, 4.69) is 10.3 Å². The van der Waals surface area contributed by atoms with E-state index in [1.165, 1.54) is 0 Å². The van der Waals surface area contributed by atoms with Crippen LogP contribution in [0.2, 0.25) is 0 Å². The van der Waals surface area contributed by atoms with Crippen molar-refractivity contribution < 1.29 is 38.3 Å². The Hall–Kier alpha value is -3.73. The van der Waals surface area contributed by atoms with Crippen LogP contribution in [-0.4, -0.2) is 69.2 Å². The standard InChI is InChI=1S/C28H32N2O8/c1-33-21-3-4-23-22(15-21)19(16-30-23)6-7-29-28(32)26-13-20(14-27(38-26)35-11-10-34-9-8-31)18-2-5-24-25(12-18)37-17-36-24/h2-5,12-13,15-16,20,27,30-31H,6-11,14,17H2,1H3,(H,29,32)/t20-,27+/m1/s1. The number of benzene rings is 2. The molecule has 3 N–H and O–H groups in total. The predicted octanol–water partition coefficient (Wildman–Crippen LogP) is 3.00. The van der Waals surface area contributed by atoms with Gasteiger partial charge in [-0.15, -0.1) is 0 Å². The number of amides is 1. The Balaban J connectivity index is 1.25. The SMILES string of the molecule is COc1ccc2[nH]cc(CCNC(=O)C3=C[C@@H](c4ccc5c(c4)OCO5)C[C@@H](OCCOCCO)O3)c2c1. The van der Waals surface area contributed by atoms with Crippen LogP contribution in [0.3, 0.4) is 0 Å². The van der Waals surface area contributed by atoms with Gasteiger partial charge in [0.2, 0.25) is 13.1 Å². The first-order valence-electron chi connectivity index (χ1n) is 12.6. The maximum absolute atomic E-state index is 13.1. The lowest BCUT2D eigenvalue weighted by Crippen LogP contribution is -2.34. The molecule has 10 heteroatoms. The second kappa shape index (κ2) is 12.2. The molecule has 0 radical (unpaired) electrons. The molecule has 202 valence electrons. The summed E-state index contributed by atoms with van der Waals surface area (Å²) in [6.45, 7) is 1.40. The number of carbonyl (C=O) groups excluding carboxylic acids is 1. The van der Waals surface area contributed by atoms with E-state index in [-0.39, 0.29) is 44.2 Å². The summed E-state index contributed by atoms with van der Waals surface area (Å²) in [6.07, 6.45) is 4.30. The van der Waals surface area contributed by atoms with Gasteiger partial charge in [-0.05, 0) is 54.0 Å². The summed E-state index contributed by atoms with van der Waals surface area (Å²) < 4.78 is 33.4. The number of aliphatic hydroxyl groups is 1. The number of methoxy groups -OCH3 is 1. The fourth-order valence-electron chi connectivity index (χ4n) is 4.59. The molecule has 0 saturated carbocycles. The monoisotopic (exact) mass is 524 g/mol. The molecule has 2 aliphatic heterocycles. The van der Waals surface area contributed by atoms with Crippen LogP contribution in [0.25, 0.3) is 10.9 Å². The van der Waals surface area contributed by atoms with Gasteiger partial charge >= 0.3 is 0 Å². The first-order chi connectivity index (χ1) is 18.6. The molecular formula is C28H32N2O8. The van der Waals surface area contributed by atoms with E-state index >= 15 is 0 Å². The Morgan fingerprint density at radius 2 is 2.03 bits per heavy atom. The van der Waals surface area contributed by atoms with Crippen molar-refractivity contribution in [2.45, 2.75) is 25.0 Å². The summed E-state index contributed by atoms with van der Waals surface area (Å²) in [5.74, 6) is 1.94. The molecule has 3 aromatic rings. The lowest BCUT2D eigenvalue weighted by Gasteiger charge is -2.29. The normalized spacial score (nSPS) is 18.2. The molecule has 0 fully saturated rings. The first-order valence-corrected chi connectivity index (χ1v) is 12.6. The molecule has 5 rings (SSSR count). The molecule has 0 unspecified atom stereocenters. The zero-order chi connectivity index (χ0) is 26.3. The summed E-state index contributed by atoms with van der Waals surface area (Å²) >= 11 is 0. The van der Waals surface area contributed by atoms with Gasteiger partial charge in [0.05, 0.1) is 33.5 Å². The summed E-state index contributed by atoms with van der Waals surface area (Å²) in [6, 6.07) is 11.6. The number of aliphatic hydroxyl groups excluding tert-OH is 1. The highest BCUT2D eigenvalue weighted by molar-refractivity contribution is 5.92. The molecule has 2 aromatic carbocycles. The van der Waals surface area contributed by atoms with Crippen molar-refractivity contribution in [3.05, 3.63) is 65.6 Å². The molecule has 1 aromatic heterocycles. The molecule has 2 atom stereocenters. The van der Waals surface area contributed by atoms with Crippen molar-refractivity contribution in [3.63, 3.8) is 0 Å². The van der Waals surface area contributed by atoms with Crippen LogP contribution in [-0.2, 0) is 25.4 Å². The Morgan fingerprint density at radius 1 is 1.13 bits per heavy atom. The molecule has 3 heterocycles. The highest BCUT2D eigenvalue weighted by Gasteiger charge is 2.29. The van der Waals surface area contributed by atoms with Crippen LogP contribution in [0.5, 0.6) is 17.2 Å². The van der Waals surface area contributed by atoms with E-state index in [0.29, 0.717) is 37.5 Å². The van der Waals surface area contributed by atoms with Gasteiger partial charge in [0.1, 0.15) is 5.75 Å².